The van der Waals surface area contributed by atoms with E-state index in [1.54, 1.807) is 9.58 Å². The Morgan fingerprint density at radius 3 is 2.48 bits per heavy atom. The first-order valence-corrected chi connectivity index (χ1v) is 10.0. The number of carboxylic acids is 1. The quantitative estimate of drug-likeness (QED) is 0.855. The number of nitrogens with zero attached hydrogens (tertiary/aromatic N) is 3. The molecule has 1 aliphatic carbocycles. The van der Waals surface area contributed by atoms with Crippen molar-refractivity contribution in [1.82, 2.24) is 14.7 Å². The third-order valence-electron chi connectivity index (χ3n) is 5.60. The van der Waals surface area contributed by atoms with Gasteiger partial charge in [-0.15, -0.1) is 0 Å². The maximum Gasteiger partial charge on any atom is 0.410 e. The Labute approximate surface area is 170 Å². The topological polar surface area (TPSA) is 84.7 Å². The molecule has 0 atom stereocenters. The second-order valence-corrected chi connectivity index (χ2v) is 8.93. The number of carbonyl (C=O) groups excluding carboxylic acids is 1. The number of aromatic nitrogens is 2. The van der Waals surface area contributed by atoms with E-state index in [4.69, 9.17) is 9.84 Å². The number of rotatable bonds is 4. The van der Waals surface area contributed by atoms with Gasteiger partial charge in [0.1, 0.15) is 12.1 Å². The highest BCUT2D eigenvalue weighted by Gasteiger charge is 2.50. The monoisotopic (exact) mass is 397 g/mol. The molecule has 2 aromatic rings. The van der Waals surface area contributed by atoms with Gasteiger partial charge in [-0.05, 0) is 39.2 Å². The third-order valence-corrected chi connectivity index (χ3v) is 5.60. The van der Waals surface area contributed by atoms with Crippen molar-refractivity contribution in [3.05, 3.63) is 52.8 Å². The van der Waals surface area contributed by atoms with Gasteiger partial charge in [-0.1, -0.05) is 30.3 Å². The Bertz CT molecular complexity index is 939. The second kappa shape index (κ2) is 6.90. The van der Waals surface area contributed by atoms with Gasteiger partial charge in [-0.3, -0.25) is 9.48 Å². The van der Waals surface area contributed by atoms with Gasteiger partial charge >= 0.3 is 12.1 Å². The van der Waals surface area contributed by atoms with Gasteiger partial charge < -0.3 is 14.7 Å². The Morgan fingerprint density at radius 1 is 1.21 bits per heavy atom. The summed E-state index contributed by atoms with van der Waals surface area (Å²) in [6, 6.07) is 10.2. The van der Waals surface area contributed by atoms with E-state index >= 15 is 0 Å². The molecule has 1 aromatic carbocycles. The summed E-state index contributed by atoms with van der Waals surface area (Å²) < 4.78 is 7.17. The van der Waals surface area contributed by atoms with Crippen molar-refractivity contribution in [1.29, 1.82) is 0 Å². The summed E-state index contributed by atoms with van der Waals surface area (Å²) in [5.41, 5.74) is 3.25. The smallest absolute Gasteiger partial charge is 0.410 e. The highest BCUT2D eigenvalue weighted by molar-refractivity contribution is 5.69. The second-order valence-electron chi connectivity index (χ2n) is 8.93. The molecule has 154 valence electrons. The fraction of sp³-hybridized carbons (Fsp3) is 0.500. The number of ether oxygens (including phenoxy) is 1. The van der Waals surface area contributed by atoms with E-state index in [9.17, 15) is 14.7 Å². The Hall–Kier alpha value is -2.83. The van der Waals surface area contributed by atoms with Crippen LogP contribution in [0, 0.1) is 0 Å². The number of hydrogen-bond acceptors (Lipinski definition) is 4. The lowest BCUT2D eigenvalue weighted by Crippen LogP contribution is -2.40. The number of carboxylic acid groups (broad SMARTS) is 1. The molecule has 2 aliphatic rings. The van der Waals surface area contributed by atoms with Gasteiger partial charge in [-0.25, -0.2) is 4.79 Å². The summed E-state index contributed by atoms with van der Waals surface area (Å²) in [5.74, 6) is -0.916. The van der Waals surface area contributed by atoms with E-state index in [1.807, 2.05) is 39.0 Å². The van der Waals surface area contributed by atoms with E-state index < -0.39 is 11.6 Å². The normalized spacial score (nSPS) is 17.6. The van der Waals surface area contributed by atoms with E-state index in [0.29, 0.717) is 19.5 Å². The summed E-state index contributed by atoms with van der Waals surface area (Å²) in [6.45, 7) is 6.28. The molecule has 4 rings (SSSR count). The average molecular weight is 397 g/mol. The average Bonchev–Trinajstić information content (AvgIpc) is 3.38. The number of carbonyl (C=O) groups is 2. The number of aliphatic carboxylic acids is 1. The van der Waals surface area contributed by atoms with Crippen LogP contribution in [0.15, 0.2) is 30.3 Å². The van der Waals surface area contributed by atoms with Gasteiger partial charge in [0.15, 0.2) is 0 Å². The van der Waals surface area contributed by atoms with Crippen molar-refractivity contribution in [2.75, 3.05) is 6.54 Å². The predicted octanol–water partition coefficient (Wildman–Crippen LogP) is 3.34. The molecular formula is C22H27N3O4. The Kier molecular flexibility index (Phi) is 4.63. The maximum absolute atomic E-state index is 12.6. The van der Waals surface area contributed by atoms with Crippen molar-refractivity contribution in [3.8, 4) is 0 Å². The predicted molar refractivity (Wildman–Crippen MR) is 107 cm³/mol. The maximum atomic E-state index is 12.6. The van der Waals surface area contributed by atoms with Crippen molar-refractivity contribution in [2.45, 2.75) is 64.1 Å². The van der Waals surface area contributed by atoms with Crippen LogP contribution in [0.25, 0.3) is 0 Å². The molecule has 0 bridgehead atoms. The van der Waals surface area contributed by atoms with Crippen LogP contribution in [0.2, 0.25) is 0 Å². The molecule has 29 heavy (non-hydrogen) atoms. The van der Waals surface area contributed by atoms with E-state index in [-0.39, 0.29) is 18.1 Å². The molecule has 7 heteroatoms. The van der Waals surface area contributed by atoms with Gasteiger partial charge in [0, 0.05) is 29.6 Å². The van der Waals surface area contributed by atoms with Crippen LogP contribution in [-0.2, 0) is 34.5 Å². The van der Waals surface area contributed by atoms with Crippen LogP contribution in [0.4, 0.5) is 4.79 Å². The molecule has 0 radical (unpaired) electrons. The molecular weight excluding hydrogens is 370 g/mol. The van der Waals surface area contributed by atoms with E-state index in [1.165, 1.54) is 5.56 Å². The van der Waals surface area contributed by atoms with Crippen molar-refractivity contribution in [2.24, 2.45) is 0 Å². The molecule has 0 unspecified atom stereocenters. The van der Waals surface area contributed by atoms with Crippen LogP contribution in [0.5, 0.6) is 0 Å². The lowest BCUT2D eigenvalue weighted by Gasteiger charge is -2.31. The number of benzene rings is 1. The Balaban J connectivity index is 1.72. The zero-order valence-corrected chi connectivity index (χ0v) is 17.1. The van der Waals surface area contributed by atoms with Gasteiger partial charge in [-0.2, -0.15) is 5.10 Å². The van der Waals surface area contributed by atoms with Crippen molar-refractivity contribution in [3.63, 3.8) is 0 Å². The molecule has 1 fully saturated rings. The first-order chi connectivity index (χ1) is 13.7. The van der Waals surface area contributed by atoms with Crippen LogP contribution in [0.1, 0.15) is 56.1 Å². The lowest BCUT2D eigenvalue weighted by atomic mass is 9.88. The molecule has 7 nitrogen and oxygen atoms in total. The number of fused-ring (bicyclic) bond motifs is 1. The minimum atomic E-state index is -0.916. The third kappa shape index (κ3) is 3.73. The largest absolute Gasteiger partial charge is 0.480 e. The van der Waals surface area contributed by atoms with E-state index in [2.05, 4.69) is 12.1 Å². The molecule has 0 saturated heterocycles. The first kappa shape index (κ1) is 19.5. The summed E-state index contributed by atoms with van der Waals surface area (Å²) in [4.78, 5) is 25.7. The van der Waals surface area contributed by atoms with Crippen molar-refractivity contribution < 1.29 is 19.4 Å². The van der Waals surface area contributed by atoms with Gasteiger partial charge in [0.2, 0.25) is 0 Å². The zero-order valence-electron chi connectivity index (χ0n) is 17.1. The fourth-order valence-electron chi connectivity index (χ4n) is 4.16. The minimum absolute atomic E-state index is 0.167. The van der Waals surface area contributed by atoms with Crippen molar-refractivity contribution >= 4 is 12.1 Å². The summed E-state index contributed by atoms with van der Waals surface area (Å²) >= 11 is 0. The minimum Gasteiger partial charge on any atom is -0.480 e. The number of amides is 1. The highest BCUT2D eigenvalue weighted by Crippen LogP contribution is 2.54. The van der Waals surface area contributed by atoms with E-state index in [0.717, 1.165) is 29.8 Å². The molecule has 1 aromatic heterocycles. The molecule has 1 N–H and O–H groups in total. The van der Waals surface area contributed by atoms with Gasteiger partial charge in [0.25, 0.3) is 0 Å². The van der Waals surface area contributed by atoms with Crippen LogP contribution in [-0.4, -0.2) is 44.0 Å². The zero-order chi connectivity index (χ0) is 20.8. The Morgan fingerprint density at radius 2 is 1.90 bits per heavy atom. The summed E-state index contributed by atoms with van der Waals surface area (Å²) in [7, 11) is 0. The molecule has 1 amide bonds. The number of hydrogen-bond donors (Lipinski definition) is 1. The lowest BCUT2D eigenvalue weighted by molar-refractivity contribution is -0.137. The van der Waals surface area contributed by atoms with Crippen LogP contribution < -0.4 is 0 Å². The SMILES string of the molecule is CC(C)(C)OC(=O)N1CCc2c(c(C3(c4ccccc4)CC3)nn2CC(=O)O)C1. The van der Waals surface area contributed by atoms with Crippen LogP contribution in [0.3, 0.4) is 0 Å². The molecule has 0 spiro atoms. The summed E-state index contributed by atoms with van der Waals surface area (Å²) in [5, 5.41) is 14.1. The molecule has 1 aliphatic heterocycles. The molecule has 2 heterocycles. The highest BCUT2D eigenvalue weighted by atomic mass is 16.6. The summed E-state index contributed by atoms with van der Waals surface area (Å²) in [6.07, 6.45) is 2.17. The molecule has 1 saturated carbocycles. The first-order valence-electron chi connectivity index (χ1n) is 10.0. The van der Waals surface area contributed by atoms with Crippen LogP contribution >= 0.6 is 0 Å². The fourth-order valence-corrected chi connectivity index (χ4v) is 4.16. The van der Waals surface area contributed by atoms with Gasteiger partial charge in [0.05, 0.1) is 12.2 Å². The standard InChI is InChI=1S/C22H27N3O4/c1-21(2,3)29-20(28)24-12-9-17-16(13-24)19(23-25(17)14-18(26)27)22(10-11-22)15-7-5-4-6-8-15/h4-8H,9-14H2,1-3H3,(H,26,27).